The first-order valence-electron chi connectivity index (χ1n) is 23.5. The summed E-state index contributed by atoms with van der Waals surface area (Å²) in [5.74, 6) is 1.84. The van der Waals surface area contributed by atoms with Gasteiger partial charge in [0.15, 0.2) is 25.5 Å². The van der Waals surface area contributed by atoms with E-state index in [-0.39, 0.29) is 0 Å². The molecule has 0 amide bonds. The van der Waals surface area contributed by atoms with E-state index in [1.807, 2.05) is 36.4 Å². The van der Waals surface area contributed by atoms with Crippen LogP contribution < -0.4 is 20.7 Å². The van der Waals surface area contributed by atoms with Crippen molar-refractivity contribution >= 4 is 50.6 Å². The van der Waals surface area contributed by atoms with Crippen molar-refractivity contribution in [3.63, 3.8) is 0 Å². The van der Waals surface area contributed by atoms with Crippen molar-refractivity contribution in [1.29, 1.82) is 0 Å². The molecule has 0 saturated heterocycles. The van der Waals surface area contributed by atoms with Gasteiger partial charge in [-0.2, -0.15) is 0 Å². The number of nitrogens with zero attached hydrogens (tertiary/aromatic N) is 4. The zero-order valence-electron chi connectivity index (χ0n) is 38.1. The third-order valence-corrected chi connectivity index (χ3v) is 18.3. The standard InChI is InChI=1S/C64H46N4Si/c1-45-22-17-18-35-55(45)49-38-40-58-57-36-19-20-37-60(57)68(61(58)43-49)50-39-41-56(59(44-50)64-66-62(46-23-7-2-8-24-46)65-63(67-64)47-25-9-3-10-26-47)48-27-21-34-54(42-48)69(51-28-11-4-12-29-51,52-30-13-5-14-31-52)53-32-15-6-16-33-53/h2-44H,1H3. The summed E-state index contributed by atoms with van der Waals surface area (Å²) < 4.78 is 2.41. The maximum atomic E-state index is 5.39. The number of para-hydroxylation sites is 1. The molecule has 0 radical (unpaired) electrons. The molecule has 12 rings (SSSR count). The molecule has 0 fully saturated rings. The van der Waals surface area contributed by atoms with Crippen LogP contribution in [0.1, 0.15) is 5.56 Å². The molecule has 0 aliphatic rings. The summed E-state index contributed by atoms with van der Waals surface area (Å²) in [5.41, 5.74) is 11.8. The highest BCUT2D eigenvalue weighted by Gasteiger charge is 2.41. The van der Waals surface area contributed by atoms with Crippen LogP contribution in [0.25, 0.3) is 83.9 Å². The Morgan fingerprint density at radius 1 is 0.304 bits per heavy atom. The predicted octanol–water partition coefficient (Wildman–Crippen LogP) is 13.0. The molecule has 10 aromatic carbocycles. The largest absolute Gasteiger partial charge is 0.309 e. The number of fused-ring (bicyclic) bond motifs is 3. The van der Waals surface area contributed by atoms with Gasteiger partial charge in [0.05, 0.1) is 11.0 Å². The fourth-order valence-electron chi connectivity index (χ4n) is 10.3. The minimum Gasteiger partial charge on any atom is -0.309 e. The van der Waals surface area contributed by atoms with Crippen molar-refractivity contribution in [1.82, 2.24) is 19.5 Å². The first kappa shape index (κ1) is 41.6. The summed E-state index contributed by atoms with van der Waals surface area (Å²) >= 11 is 0. The summed E-state index contributed by atoms with van der Waals surface area (Å²) in [6.45, 7) is 2.18. The van der Waals surface area contributed by atoms with Crippen LogP contribution in [-0.2, 0) is 0 Å². The number of rotatable bonds is 10. The van der Waals surface area contributed by atoms with Gasteiger partial charge in [-0.05, 0) is 79.8 Å². The van der Waals surface area contributed by atoms with Gasteiger partial charge in [-0.3, -0.25) is 0 Å². The predicted molar refractivity (Wildman–Crippen MR) is 290 cm³/mol. The Balaban J connectivity index is 1.14. The summed E-state index contributed by atoms with van der Waals surface area (Å²) in [6.07, 6.45) is 0. The van der Waals surface area contributed by atoms with E-state index in [2.05, 4.69) is 236 Å². The van der Waals surface area contributed by atoms with Gasteiger partial charge < -0.3 is 4.57 Å². The molecule has 69 heavy (non-hydrogen) atoms. The molecule has 2 heterocycles. The number of hydrogen-bond acceptors (Lipinski definition) is 3. The van der Waals surface area contributed by atoms with Crippen molar-refractivity contribution in [2.24, 2.45) is 0 Å². The molecule has 0 aliphatic heterocycles. The second kappa shape index (κ2) is 17.8. The first-order valence-corrected chi connectivity index (χ1v) is 25.5. The second-order valence-electron chi connectivity index (χ2n) is 17.6. The van der Waals surface area contributed by atoms with Crippen LogP contribution >= 0.6 is 0 Å². The van der Waals surface area contributed by atoms with Crippen molar-refractivity contribution in [2.45, 2.75) is 6.92 Å². The Morgan fingerprint density at radius 2 is 0.783 bits per heavy atom. The molecular formula is C64H46N4Si. The van der Waals surface area contributed by atoms with Crippen LogP contribution in [0.3, 0.4) is 0 Å². The van der Waals surface area contributed by atoms with Gasteiger partial charge in [-0.25, -0.2) is 15.0 Å². The molecule has 4 nitrogen and oxygen atoms in total. The third kappa shape index (κ3) is 7.46. The number of hydrogen-bond donors (Lipinski definition) is 0. The van der Waals surface area contributed by atoms with E-state index in [1.54, 1.807) is 0 Å². The highest BCUT2D eigenvalue weighted by atomic mass is 28.3. The molecule has 326 valence electrons. The molecule has 5 heteroatoms. The van der Waals surface area contributed by atoms with Gasteiger partial charge in [0.2, 0.25) is 0 Å². The SMILES string of the molecule is Cc1ccccc1-c1ccc2c3ccccc3n(-c3ccc(-c4cccc([Si](c5ccccc5)(c5ccccc5)c5ccccc5)c4)c(-c4nc(-c5ccccc5)nc(-c5ccccc5)n4)c3)c2c1. The summed E-state index contributed by atoms with van der Waals surface area (Å²) in [5, 5.41) is 7.65. The van der Waals surface area contributed by atoms with Crippen molar-refractivity contribution in [2.75, 3.05) is 0 Å². The van der Waals surface area contributed by atoms with Crippen LogP contribution in [0.15, 0.2) is 261 Å². The lowest BCUT2D eigenvalue weighted by molar-refractivity contribution is 1.07. The van der Waals surface area contributed by atoms with E-state index in [1.165, 1.54) is 48.2 Å². The van der Waals surface area contributed by atoms with Crippen LogP contribution in [0.2, 0.25) is 0 Å². The van der Waals surface area contributed by atoms with Gasteiger partial charge in [0.25, 0.3) is 0 Å². The van der Waals surface area contributed by atoms with Crippen LogP contribution in [-0.4, -0.2) is 27.6 Å². The molecule has 0 bridgehead atoms. The van der Waals surface area contributed by atoms with Crippen LogP contribution in [0, 0.1) is 6.92 Å². The lowest BCUT2D eigenvalue weighted by Crippen LogP contribution is -2.74. The Kier molecular flexibility index (Phi) is 10.7. The molecule has 12 aromatic rings. The van der Waals surface area contributed by atoms with Gasteiger partial charge in [0, 0.05) is 33.2 Å². The molecule has 0 N–H and O–H groups in total. The van der Waals surface area contributed by atoms with Crippen LogP contribution in [0.4, 0.5) is 0 Å². The van der Waals surface area contributed by atoms with Gasteiger partial charge >= 0.3 is 0 Å². The van der Waals surface area contributed by atoms with Crippen molar-refractivity contribution in [3.8, 4) is 62.1 Å². The maximum Gasteiger partial charge on any atom is 0.179 e. The summed E-state index contributed by atoms with van der Waals surface area (Å²) in [6, 6.07) is 94.1. The van der Waals surface area contributed by atoms with E-state index in [0.717, 1.165) is 44.5 Å². The highest BCUT2D eigenvalue weighted by molar-refractivity contribution is 7.19. The highest BCUT2D eigenvalue weighted by Crippen LogP contribution is 2.39. The minimum atomic E-state index is -2.87. The maximum absolute atomic E-state index is 5.39. The smallest absolute Gasteiger partial charge is 0.179 e. The number of benzene rings is 10. The normalized spacial score (nSPS) is 11.6. The molecular weight excluding hydrogens is 853 g/mol. The monoisotopic (exact) mass is 898 g/mol. The lowest BCUT2D eigenvalue weighted by atomic mass is 9.97. The molecule has 0 saturated carbocycles. The fourth-order valence-corrected chi connectivity index (χ4v) is 15.1. The summed E-state index contributed by atoms with van der Waals surface area (Å²) in [7, 11) is -2.87. The van der Waals surface area contributed by atoms with Gasteiger partial charge in [0.1, 0.15) is 0 Å². The van der Waals surface area contributed by atoms with Gasteiger partial charge in [-0.15, -0.1) is 0 Å². The average Bonchev–Trinajstić information content (AvgIpc) is 3.76. The molecule has 0 spiro atoms. The summed E-state index contributed by atoms with van der Waals surface area (Å²) in [4.78, 5) is 15.9. The Morgan fingerprint density at radius 3 is 1.39 bits per heavy atom. The van der Waals surface area contributed by atoms with E-state index >= 15 is 0 Å². The van der Waals surface area contributed by atoms with E-state index in [0.29, 0.717) is 17.5 Å². The molecule has 0 aliphatic carbocycles. The zero-order valence-corrected chi connectivity index (χ0v) is 39.1. The van der Waals surface area contributed by atoms with Crippen LogP contribution in [0.5, 0.6) is 0 Å². The van der Waals surface area contributed by atoms with Gasteiger partial charge in [-0.1, -0.05) is 237 Å². The zero-order chi connectivity index (χ0) is 46.2. The Bertz CT molecular complexity index is 3620. The number of aryl methyl sites for hydroxylation is 1. The topological polar surface area (TPSA) is 43.6 Å². The first-order chi connectivity index (χ1) is 34.1. The fraction of sp³-hybridized carbons (Fsp3) is 0.0156. The minimum absolute atomic E-state index is 0.601. The molecule has 0 atom stereocenters. The van der Waals surface area contributed by atoms with E-state index in [9.17, 15) is 0 Å². The molecule has 2 aromatic heterocycles. The second-order valence-corrected chi connectivity index (χ2v) is 21.4. The Hall–Kier alpha value is -8.77. The van der Waals surface area contributed by atoms with Crippen molar-refractivity contribution in [3.05, 3.63) is 266 Å². The van der Waals surface area contributed by atoms with Crippen molar-refractivity contribution < 1.29 is 0 Å². The van der Waals surface area contributed by atoms with E-state index < -0.39 is 8.07 Å². The average molecular weight is 899 g/mol. The van der Waals surface area contributed by atoms with E-state index in [4.69, 9.17) is 15.0 Å². The Labute approximate surface area is 403 Å². The number of aromatic nitrogens is 4. The molecule has 0 unspecified atom stereocenters. The quantitative estimate of drug-likeness (QED) is 0.101. The third-order valence-electron chi connectivity index (χ3n) is 13.6. The lowest BCUT2D eigenvalue weighted by Gasteiger charge is -2.34.